The molecule has 0 aliphatic carbocycles. The summed E-state index contributed by atoms with van der Waals surface area (Å²) >= 11 is 6.16. The van der Waals surface area contributed by atoms with Crippen LogP contribution in [0.3, 0.4) is 0 Å². The molecule has 32 heavy (non-hydrogen) atoms. The van der Waals surface area contributed by atoms with Gasteiger partial charge in [0.1, 0.15) is 0 Å². The SMILES string of the molecule is CCN1CCN(C(c2ccc(Cl)cc2)c2nnnn2Cc2ccc3c(c2)OCO3)CC1.Cl. The molecule has 5 rings (SSSR count). The van der Waals surface area contributed by atoms with Crippen molar-refractivity contribution in [3.05, 3.63) is 64.4 Å². The third-order valence-electron chi connectivity index (χ3n) is 5.98. The molecule has 0 radical (unpaired) electrons. The average Bonchev–Trinajstić information content (AvgIpc) is 3.45. The summed E-state index contributed by atoms with van der Waals surface area (Å²) in [6.07, 6.45) is 0. The Labute approximate surface area is 198 Å². The second-order valence-electron chi connectivity index (χ2n) is 7.81. The summed E-state index contributed by atoms with van der Waals surface area (Å²) < 4.78 is 12.8. The molecule has 1 saturated heterocycles. The smallest absolute Gasteiger partial charge is 0.231 e. The molecule has 0 bridgehead atoms. The predicted molar refractivity (Wildman–Crippen MR) is 124 cm³/mol. The molecule has 170 valence electrons. The van der Waals surface area contributed by atoms with E-state index < -0.39 is 0 Å². The molecule has 0 spiro atoms. The predicted octanol–water partition coefficient (Wildman–Crippen LogP) is 3.25. The van der Waals surface area contributed by atoms with Crippen molar-refractivity contribution < 1.29 is 9.47 Å². The first-order chi connectivity index (χ1) is 15.2. The van der Waals surface area contributed by atoms with Crippen LogP contribution in [0.25, 0.3) is 0 Å². The normalized spacial score (nSPS) is 17.2. The Hall–Kier alpha value is -2.39. The van der Waals surface area contributed by atoms with E-state index in [1.165, 1.54) is 0 Å². The van der Waals surface area contributed by atoms with E-state index in [1.807, 2.05) is 35.0 Å². The largest absolute Gasteiger partial charge is 0.454 e. The molecule has 1 fully saturated rings. The lowest BCUT2D eigenvalue weighted by Crippen LogP contribution is -2.48. The van der Waals surface area contributed by atoms with Gasteiger partial charge in [0.2, 0.25) is 6.79 Å². The summed E-state index contributed by atoms with van der Waals surface area (Å²) in [6, 6.07) is 13.9. The summed E-state index contributed by atoms with van der Waals surface area (Å²) in [4.78, 5) is 4.92. The molecule has 0 N–H and O–H groups in total. The monoisotopic (exact) mass is 476 g/mol. The van der Waals surface area contributed by atoms with Crippen molar-refractivity contribution in [2.24, 2.45) is 0 Å². The van der Waals surface area contributed by atoms with Crippen LogP contribution in [0.4, 0.5) is 0 Å². The summed E-state index contributed by atoms with van der Waals surface area (Å²) in [5, 5.41) is 13.5. The number of hydrogen-bond donors (Lipinski definition) is 0. The van der Waals surface area contributed by atoms with Crippen LogP contribution in [0, 0.1) is 0 Å². The molecular weight excluding hydrogens is 451 g/mol. The van der Waals surface area contributed by atoms with E-state index >= 15 is 0 Å². The first-order valence-corrected chi connectivity index (χ1v) is 11.0. The zero-order valence-corrected chi connectivity index (χ0v) is 19.4. The molecule has 0 saturated carbocycles. The molecule has 1 atom stereocenters. The summed E-state index contributed by atoms with van der Waals surface area (Å²) in [6.45, 7) is 8.07. The van der Waals surface area contributed by atoms with Gasteiger partial charge < -0.3 is 14.4 Å². The number of tetrazole rings is 1. The third-order valence-corrected chi connectivity index (χ3v) is 6.23. The van der Waals surface area contributed by atoms with Crippen molar-refractivity contribution in [2.75, 3.05) is 39.5 Å². The van der Waals surface area contributed by atoms with Gasteiger partial charge in [0.05, 0.1) is 12.6 Å². The number of aromatic nitrogens is 4. The lowest BCUT2D eigenvalue weighted by Gasteiger charge is -2.38. The van der Waals surface area contributed by atoms with Crippen LogP contribution in [0.1, 0.15) is 29.9 Å². The fraction of sp³-hybridized carbons (Fsp3) is 0.409. The van der Waals surface area contributed by atoms with Crippen molar-refractivity contribution in [2.45, 2.75) is 19.5 Å². The number of benzene rings is 2. The van der Waals surface area contributed by atoms with Crippen LogP contribution >= 0.6 is 24.0 Å². The van der Waals surface area contributed by atoms with Gasteiger partial charge in [0.25, 0.3) is 0 Å². The van der Waals surface area contributed by atoms with E-state index in [0.29, 0.717) is 6.54 Å². The van der Waals surface area contributed by atoms with Crippen LogP contribution < -0.4 is 9.47 Å². The van der Waals surface area contributed by atoms with Gasteiger partial charge in [-0.15, -0.1) is 17.5 Å². The zero-order valence-electron chi connectivity index (χ0n) is 17.9. The fourth-order valence-corrected chi connectivity index (χ4v) is 4.36. The molecular formula is C22H26Cl2N6O2. The van der Waals surface area contributed by atoms with Gasteiger partial charge in [-0.1, -0.05) is 36.7 Å². The molecule has 8 nitrogen and oxygen atoms in total. The Morgan fingerprint density at radius 1 is 1.00 bits per heavy atom. The summed E-state index contributed by atoms with van der Waals surface area (Å²) in [5.41, 5.74) is 2.19. The van der Waals surface area contributed by atoms with Gasteiger partial charge in [-0.05, 0) is 52.4 Å². The van der Waals surface area contributed by atoms with E-state index in [0.717, 1.165) is 66.2 Å². The lowest BCUT2D eigenvalue weighted by molar-refractivity contribution is 0.108. The summed E-state index contributed by atoms with van der Waals surface area (Å²) in [5.74, 6) is 2.36. The quantitative estimate of drug-likeness (QED) is 0.540. The standard InChI is InChI=1S/C22H25ClN6O2.ClH/c1-2-27-9-11-28(12-10-27)21(17-4-6-18(23)7-5-17)22-24-25-26-29(22)14-16-3-8-19-20(13-16)31-15-30-19;/h3-8,13,21H,2,9-12,14-15H2,1H3;1H. The van der Waals surface area contributed by atoms with Crippen molar-refractivity contribution in [1.29, 1.82) is 0 Å². The maximum absolute atomic E-state index is 6.16. The second-order valence-corrected chi connectivity index (χ2v) is 8.24. The average molecular weight is 477 g/mol. The minimum atomic E-state index is -0.0414. The first-order valence-electron chi connectivity index (χ1n) is 10.6. The topological polar surface area (TPSA) is 68.5 Å². The number of ether oxygens (including phenoxy) is 2. The van der Waals surface area contributed by atoms with Crippen LogP contribution in [0.5, 0.6) is 11.5 Å². The maximum Gasteiger partial charge on any atom is 0.231 e. The molecule has 3 aromatic rings. The Kier molecular flexibility index (Phi) is 7.15. The van der Waals surface area contributed by atoms with E-state index in [9.17, 15) is 0 Å². The Bertz CT molecular complexity index is 1040. The molecule has 0 amide bonds. The number of nitrogens with zero attached hydrogens (tertiary/aromatic N) is 6. The minimum Gasteiger partial charge on any atom is -0.454 e. The maximum atomic E-state index is 6.16. The Morgan fingerprint density at radius 3 is 2.50 bits per heavy atom. The summed E-state index contributed by atoms with van der Waals surface area (Å²) in [7, 11) is 0. The van der Waals surface area contributed by atoms with Crippen LogP contribution in [-0.4, -0.2) is 69.5 Å². The van der Waals surface area contributed by atoms with Crippen LogP contribution in [0.15, 0.2) is 42.5 Å². The molecule has 1 aromatic heterocycles. The number of fused-ring (bicyclic) bond motifs is 1. The number of rotatable bonds is 6. The molecule has 2 aliphatic heterocycles. The minimum absolute atomic E-state index is 0. The molecule has 3 heterocycles. The van der Waals surface area contributed by atoms with Gasteiger partial charge in [-0.2, -0.15) is 0 Å². The van der Waals surface area contributed by atoms with Gasteiger partial charge >= 0.3 is 0 Å². The van der Waals surface area contributed by atoms with E-state index in [4.69, 9.17) is 21.1 Å². The molecule has 1 unspecified atom stereocenters. The van der Waals surface area contributed by atoms with Crippen molar-refractivity contribution in [1.82, 2.24) is 30.0 Å². The number of piperazine rings is 1. The third kappa shape index (κ3) is 4.68. The van der Waals surface area contributed by atoms with Crippen LogP contribution in [0.2, 0.25) is 5.02 Å². The highest BCUT2D eigenvalue weighted by atomic mass is 35.5. The highest BCUT2D eigenvalue weighted by Gasteiger charge is 2.30. The molecule has 10 heteroatoms. The van der Waals surface area contributed by atoms with Crippen molar-refractivity contribution >= 4 is 24.0 Å². The first kappa shape index (κ1) is 22.8. The number of halogens is 2. The lowest BCUT2D eigenvalue weighted by atomic mass is 10.0. The van der Waals surface area contributed by atoms with Crippen LogP contribution in [-0.2, 0) is 6.54 Å². The Balaban J connectivity index is 0.00000245. The fourth-order valence-electron chi connectivity index (χ4n) is 4.24. The number of hydrogen-bond acceptors (Lipinski definition) is 7. The Morgan fingerprint density at radius 2 is 1.75 bits per heavy atom. The van der Waals surface area contributed by atoms with Crippen molar-refractivity contribution in [3.8, 4) is 11.5 Å². The molecule has 2 aliphatic rings. The van der Waals surface area contributed by atoms with E-state index in [1.54, 1.807) is 0 Å². The van der Waals surface area contributed by atoms with Gasteiger partial charge in [-0.3, -0.25) is 4.90 Å². The second kappa shape index (κ2) is 10.0. The highest BCUT2D eigenvalue weighted by molar-refractivity contribution is 6.30. The van der Waals surface area contributed by atoms with Gasteiger partial charge in [-0.25, -0.2) is 4.68 Å². The highest BCUT2D eigenvalue weighted by Crippen LogP contribution is 2.33. The van der Waals surface area contributed by atoms with E-state index in [-0.39, 0.29) is 25.2 Å². The van der Waals surface area contributed by atoms with Crippen molar-refractivity contribution in [3.63, 3.8) is 0 Å². The van der Waals surface area contributed by atoms with Gasteiger partial charge in [0.15, 0.2) is 17.3 Å². The number of likely N-dealkylation sites (N-methyl/N-ethyl adjacent to an activating group) is 1. The molecule has 2 aromatic carbocycles. The van der Waals surface area contributed by atoms with E-state index in [2.05, 4.69) is 44.4 Å². The van der Waals surface area contributed by atoms with Gasteiger partial charge in [0, 0.05) is 31.2 Å². The zero-order chi connectivity index (χ0) is 21.2.